The molecule has 0 atom stereocenters. The summed E-state index contributed by atoms with van der Waals surface area (Å²) in [5.41, 5.74) is -1.47. The van der Waals surface area contributed by atoms with Crippen LogP contribution in [0.2, 0.25) is 0 Å². The zero-order valence-corrected chi connectivity index (χ0v) is 8.63. The number of amides is 1. The van der Waals surface area contributed by atoms with Crippen LogP contribution in [0.4, 0.5) is 0 Å². The molecule has 1 saturated carbocycles. The van der Waals surface area contributed by atoms with Crippen LogP contribution in [0.3, 0.4) is 0 Å². The molecule has 0 saturated heterocycles. The Hall–Kier alpha value is -1.08. The van der Waals surface area contributed by atoms with Crippen LogP contribution in [-0.4, -0.2) is 23.2 Å². The van der Waals surface area contributed by atoms with Gasteiger partial charge in [0.05, 0.1) is 18.2 Å². The number of aliphatic hydroxyl groups is 1. The van der Waals surface area contributed by atoms with Gasteiger partial charge in [-0.15, -0.1) is 0 Å². The topological polar surface area (TPSA) is 73.1 Å². The summed E-state index contributed by atoms with van der Waals surface area (Å²) in [6.45, 7) is 3.34. The van der Waals surface area contributed by atoms with Crippen LogP contribution in [0.25, 0.3) is 0 Å². The van der Waals surface area contributed by atoms with Gasteiger partial charge in [0.15, 0.2) is 0 Å². The molecule has 0 spiro atoms. The second-order valence-corrected chi connectivity index (χ2v) is 4.54. The van der Waals surface area contributed by atoms with E-state index in [1.165, 1.54) is 0 Å². The van der Waals surface area contributed by atoms with E-state index in [0.29, 0.717) is 12.8 Å². The molecule has 0 aromatic heterocycles. The molecule has 0 bridgehead atoms. The zero-order valence-electron chi connectivity index (χ0n) is 8.63. The predicted octanol–water partition coefficient (Wildman–Crippen LogP) is 0.567. The first-order valence-corrected chi connectivity index (χ1v) is 4.80. The molecule has 1 aliphatic carbocycles. The summed E-state index contributed by atoms with van der Waals surface area (Å²) in [6.07, 6.45) is 2.20. The van der Waals surface area contributed by atoms with Gasteiger partial charge in [0, 0.05) is 0 Å². The normalized spacial score (nSPS) is 19.3. The molecule has 1 rings (SSSR count). The number of aliphatic hydroxyl groups excluding tert-OH is 1. The van der Waals surface area contributed by atoms with E-state index < -0.39 is 11.0 Å². The van der Waals surface area contributed by atoms with Crippen LogP contribution < -0.4 is 5.32 Å². The molecule has 2 N–H and O–H groups in total. The second-order valence-electron chi connectivity index (χ2n) is 4.54. The maximum atomic E-state index is 11.7. The Labute approximate surface area is 83.9 Å². The minimum atomic E-state index is -0.827. The third kappa shape index (κ3) is 1.88. The Kier molecular flexibility index (Phi) is 2.81. The third-order valence-corrected chi connectivity index (χ3v) is 2.70. The van der Waals surface area contributed by atoms with Crippen molar-refractivity contribution in [1.82, 2.24) is 5.32 Å². The first-order chi connectivity index (χ1) is 6.46. The van der Waals surface area contributed by atoms with Crippen LogP contribution in [0.5, 0.6) is 0 Å². The molecule has 0 aromatic carbocycles. The predicted molar refractivity (Wildman–Crippen MR) is 51.2 cm³/mol. The van der Waals surface area contributed by atoms with Gasteiger partial charge in [-0.25, -0.2) is 0 Å². The zero-order chi connectivity index (χ0) is 10.8. The fourth-order valence-electron chi connectivity index (χ4n) is 1.39. The van der Waals surface area contributed by atoms with E-state index in [9.17, 15) is 4.79 Å². The lowest BCUT2D eigenvalue weighted by Gasteiger charge is -2.36. The van der Waals surface area contributed by atoms with Gasteiger partial charge in [0.2, 0.25) is 5.91 Å². The van der Waals surface area contributed by atoms with E-state index >= 15 is 0 Å². The van der Waals surface area contributed by atoms with Crippen LogP contribution in [0, 0.1) is 16.7 Å². The highest BCUT2D eigenvalue weighted by Gasteiger charge is 2.45. The maximum Gasteiger partial charge on any atom is 0.240 e. The maximum absolute atomic E-state index is 11.7. The van der Waals surface area contributed by atoms with Crippen molar-refractivity contribution >= 4 is 5.91 Å². The lowest BCUT2D eigenvalue weighted by molar-refractivity contribution is -0.134. The molecule has 0 unspecified atom stereocenters. The van der Waals surface area contributed by atoms with Gasteiger partial charge >= 0.3 is 0 Å². The van der Waals surface area contributed by atoms with E-state index in [-0.39, 0.29) is 12.5 Å². The molecule has 1 amide bonds. The number of rotatable bonds is 3. The van der Waals surface area contributed by atoms with Crippen molar-refractivity contribution in [2.45, 2.75) is 38.6 Å². The molecule has 4 heteroatoms. The van der Waals surface area contributed by atoms with Crippen molar-refractivity contribution in [2.75, 3.05) is 6.61 Å². The Balaban J connectivity index is 2.63. The number of nitrogens with one attached hydrogen (secondary N) is 1. The molecule has 1 aliphatic rings. The smallest absolute Gasteiger partial charge is 0.240 e. The summed E-state index contributed by atoms with van der Waals surface area (Å²) in [6, 6.07) is 2.07. The monoisotopic (exact) mass is 196 g/mol. The molecule has 14 heavy (non-hydrogen) atoms. The number of carbonyl (C=O) groups is 1. The SMILES string of the molecule is CC(C)(CO)NC(=O)C1(C#N)CCC1. The quantitative estimate of drug-likeness (QED) is 0.693. The van der Waals surface area contributed by atoms with Gasteiger partial charge in [-0.3, -0.25) is 4.79 Å². The minimum absolute atomic E-state index is 0.125. The largest absolute Gasteiger partial charge is 0.394 e. The average molecular weight is 196 g/mol. The van der Waals surface area contributed by atoms with Gasteiger partial charge in [0.1, 0.15) is 5.41 Å². The van der Waals surface area contributed by atoms with Gasteiger partial charge < -0.3 is 10.4 Å². The highest BCUT2D eigenvalue weighted by atomic mass is 16.3. The van der Waals surface area contributed by atoms with Gasteiger partial charge in [0.25, 0.3) is 0 Å². The third-order valence-electron chi connectivity index (χ3n) is 2.70. The fraction of sp³-hybridized carbons (Fsp3) is 0.800. The first kappa shape index (κ1) is 11.0. The standard InChI is InChI=1S/C10H16N2O2/c1-9(2,7-13)12-8(14)10(6-11)4-3-5-10/h13H,3-5,7H2,1-2H3,(H,12,14). The van der Waals surface area contributed by atoms with Gasteiger partial charge in [-0.1, -0.05) is 0 Å². The highest BCUT2D eigenvalue weighted by molar-refractivity contribution is 5.86. The highest BCUT2D eigenvalue weighted by Crippen LogP contribution is 2.40. The molecular weight excluding hydrogens is 180 g/mol. The Morgan fingerprint density at radius 3 is 2.50 bits per heavy atom. The van der Waals surface area contributed by atoms with Gasteiger partial charge in [-0.2, -0.15) is 5.26 Å². The van der Waals surface area contributed by atoms with Crippen LogP contribution in [-0.2, 0) is 4.79 Å². The van der Waals surface area contributed by atoms with Crippen molar-refractivity contribution in [2.24, 2.45) is 5.41 Å². The van der Waals surface area contributed by atoms with Crippen molar-refractivity contribution in [3.05, 3.63) is 0 Å². The number of nitriles is 1. The summed E-state index contributed by atoms with van der Waals surface area (Å²) in [4.78, 5) is 11.7. The molecule has 0 radical (unpaired) electrons. The number of hydrogen-bond donors (Lipinski definition) is 2. The molecule has 0 aromatic rings. The molecule has 78 valence electrons. The summed E-state index contributed by atoms with van der Waals surface area (Å²) in [7, 11) is 0. The summed E-state index contributed by atoms with van der Waals surface area (Å²) in [5, 5.41) is 20.6. The Morgan fingerprint density at radius 1 is 1.64 bits per heavy atom. The molecule has 0 heterocycles. The van der Waals surface area contributed by atoms with E-state index in [4.69, 9.17) is 10.4 Å². The van der Waals surface area contributed by atoms with E-state index in [1.807, 2.05) is 0 Å². The summed E-state index contributed by atoms with van der Waals surface area (Å²) in [5.74, 6) is -0.245. The minimum Gasteiger partial charge on any atom is -0.394 e. The van der Waals surface area contributed by atoms with E-state index in [1.54, 1.807) is 13.8 Å². The number of hydrogen-bond acceptors (Lipinski definition) is 3. The van der Waals surface area contributed by atoms with E-state index in [2.05, 4.69) is 11.4 Å². The molecule has 4 nitrogen and oxygen atoms in total. The lowest BCUT2D eigenvalue weighted by atomic mass is 9.69. The Bertz CT molecular complexity index is 274. The molecule has 0 aliphatic heterocycles. The van der Waals surface area contributed by atoms with E-state index in [0.717, 1.165) is 6.42 Å². The molecule has 1 fully saturated rings. The molecular formula is C10H16N2O2. The Morgan fingerprint density at radius 2 is 2.21 bits per heavy atom. The lowest BCUT2D eigenvalue weighted by Crippen LogP contribution is -2.54. The average Bonchev–Trinajstić information content (AvgIpc) is 2.02. The van der Waals surface area contributed by atoms with Gasteiger partial charge in [-0.05, 0) is 33.1 Å². The van der Waals surface area contributed by atoms with Crippen molar-refractivity contribution in [3.63, 3.8) is 0 Å². The first-order valence-electron chi connectivity index (χ1n) is 4.80. The van der Waals surface area contributed by atoms with Crippen LogP contribution in [0.15, 0.2) is 0 Å². The van der Waals surface area contributed by atoms with Crippen LogP contribution >= 0.6 is 0 Å². The van der Waals surface area contributed by atoms with Crippen molar-refractivity contribution in [3.8, 4) is 6.07 Å². The van der Waals surface area contributed by atoms with Crippen LogP contribution in [0.1, 0.15) is 33.1 Å². The summed E-state index contributed by atoms with van der Waals surface area (Å²) < 4.78 is 0. The number of nitrogens with zero attached hydrogens (tertiary/aromatic N) is 1. The van der Waals surface area contributed by atoms with Crippen molar-refractivity contribution < 1.29 is 9.90 Å². The second kappa shape index (κ2) is 3.58. The summed E-state index contributed by atoms with van der Waals surface area (Å²) >= 11 is 0. The fourth-order valence-corrected chi connectivity index (χ4v) is 1.39. The number of carbonyl (C=O) groups excluding carboxylic acids is 1. The van der Waals surface area contributed by atoms with Crippen molar-refractivity contribution in [1.29, 1.82) is 5.26 Å².